The van der Waals surface area contributed by atoms with E-state index in [9.17, 15) is 4.79 Å². The highest BCUT2D eigenvalue weighted by Crippen LogP contribution is 2.33. The second-order valence-corrected chi connectivity index (χ2v) is 5.56. The van der Waals surface area contributed by atoms with Crippen molar-refractivity contribution in [3.8, 4) is 0 Å². The molecule has 1 aromatic carbocycles. The lowest BCUT2D eigenvalue weighted by Crippen LogP contribution is -2.25. The monoisotopic (exact) mass is 284 g/mol. The minimum absolute atomic E-state index is 0.0686. The first-order chi connectivity index (χ1) is 10.3. The molecule has 0 aliphatic heterocycles. The zero-order valence-electron chi connectivity index (χ0n) is 11.9. The van der Waals surface area contributed by atoms with E-state index in [-0.39, 0.29) is 5.91 Å². The smallest absolute Gasteiger partial charge is 0.252 e. The number of fused-ring (bicyclic) bond motifs is 1. The Morgan fingerprint density at radius 2 is 2.14 bits per heavy atom. The summed E-state index contributed by atoms with van der Waals surface area (Å²) in [5.41, 5.74) is 3.89. The molecular formula is C16H20N4O. The molecule has 5 nitrogen and oxygen atoms in total. The lowest BCUT2D eigenvalue weighted by molar-refractivity contribution is 0.0954. The Kier molecular flexibility index (Phi) is 4.01. The molecule has 0 atom stereocenters. The first kappa shape index (κ1) is 13.8. The number of anilines is 1. The van der Waals surface area contributed by atoms with Crippen molar-refractivity contribution in [2.45, 2.75) is 25.7 Å². The number of benzene rings is 1. The number of amides is 1. The van der Waals surface area contributed by atoms with Gasteiger partial charge in [-0.3, -0.25) is 4.79 Å². The van der Waals surface area contributed by atoms with E-state index < -0.39 is 0 Å². The van der Waals surface area contributed by atoms with E-state index in [4.69, 9.17) is 5.84 Å². The van der Waals surface area contributed by atoms with E-state index in [1.807, 2.05) is 24.3 Å². The summed E-state index contributed by atoms with van der Waals surface area (Å²) in [4.78, 5) is 16.7. The normalized spacial score (nSPS) is 14.1. The molecule has 1 heterocycles. The maximum Gasteiger partial charge on any atom is 0.252 e. The Labute approximate surface area is 123 Å². The highest BCUT2D eigenvalue weighted by molar-refractivity contribution is 6.06. The summed E-state index contributed by atoms with van der Waals surface area (Å²) in [6.45, 7) is 0.720. The topological polar surface area (TPSA) is 80.0 Å². The van der Waals surface area contributed by atoms with Crippen molar-refractivity contribution in [2.75, 3.05) is 12.0 Å². The van der Waals surface area contributed by atoms with E-state index in [1.54, 1.807) is 6.07 Å². The van der Waals surface area contributed by atoms with Crippen LogP contribution in [0.4, 0.5) is 5.82 Å². The number of nitrogens with zero attached hydrogens (tertiary/aromatic N) is 1. The molecule has 2 aromatic rings. The third kappa shape index (κ3) is 3.31. The SMILES string of the molecule is NNc1cc(C(=O)NCCCC2CC2)c2ccccc2n1. The fourth-order valence-corrected chi connectivity index (χ4v) is 2.53. The van der Waals surface area contributed by atoms with Crippen LogP contribution in [0.2, 0.25) is 0 Å². The number of carbonyl (C=O) groups excluding carboxylic acids is 1. The Morgan fingerprint density at radius 3 is 2.90 bits per heavy atom. The number of nitrogens with two attached hydrogens (primary N) is 1. The van der Waals surface area contributed by atoms with E-state index in [1.165, 1.54) is 19.3 Å². The standard InChI is InChI=1S/C16H20N4O/c17-20-15-10-13(12-5-1-2-6-14(12)19-15)16(21)18-9-3-4-11-7-8-11/h1-2,5-6,10-11H,3-4,7-9,17H2,(H,18,21)(H,19,20). The minimum atomic E-state index is -0.0686. The lowest BCUT2D eigenvalue weighted by Gasteiger charge is -2.10. The number of nitrogens with one attached hydrogen (secondary N) is 2. The van der Waals surface area contributed by atoms with Crippen LogP contribution in [0.1, 0.15) is 36.0 Å². The average Bonchev–Trinajstić information content (AvgIpc) is 3.34. The molecule has 110 valence electrons. The minimum Gasteiger partial charge on any atom is -0.352 e. The van der Waals surface area contributed by atoms with Crippen LogP contribution < -0.4 is 16.6 Å². The van der Waals surface area contributed by atoms with E-state index in [2.05, 4.69) is 15.7 Å². The summed E-state index contributed by atoms with van der Waals surface area (Å²) in [7, 11) is 0. The van der Waals surface area contributed by atoms with Crippen LogP contribution in [-0.4, -0.2) is 17.4 Å². The highest BCUT2D eigenvalue weighted by Gasteiger charge is 2.20. The Morgan fingerprint density at radius 1 is 1.33 bits per heavy atom. The van der Waals surface area contributed by atoms with Crippen molar-refractivity contribution in [1.82, 2.24) is 10.3 Å². The van der Waals surface area contributed by atoms with Gasteiger partial charge in [0.15, 0.2) is 0 Å². The zero-order chi connectivity index (χ0) is 14.7. The van der Waals surface area contributed by atoms with Gasteiger partial charge in [-0.1, -0.05) is 31.0 Å². The molecule has 0 bridgehead atoms. The molecule has 5 heteroatoms. The molecule has 1 aromatic heterocycles. The first-order valence-corrected chi connectivity index (χ1v) is 7.42. The molecule has 1 saturated carbocycles. The molecule has 0 radical (unpaired) electrons. The average molecular weight is 284 g/mol. The van der Waals surface area contributed by atoms with Gasteiger partial charge in [0.2, 0.25) is 0 Å². The zero-order valence-corrected chi connectivity index (χ0v) is 11.9. The molecular weight excluding hydrogens is 264 g/mol. The second-order valence-electron chi connectivity index (χ2n) is 5.56. The van der Waals surface area contributed by atoms with Crippen LogP contribution in [0.15, 0.2) is 30.3 Å². The van der Waals surface area contributed by atoms with Crippen molar-refractivity contribution in [2.24, 2.45) is 11.8 Å². The van der Waals surface area contributed by atoms with Gasteiger partial charge in [0.05, 0.1) is 11.1 Å². The van der Waals surface area contributed by atoms with Crippen LogP contribution in [0.3, 0.4) is 0 Å². The van der Waals surface area contributed by atoms with E-state index >= 15 is 0 Å². The van der Waals surface area contributed by atoms with Crippen molar-refractivity contribution < 1.29 is 4.79 Å². The van der Waals surface area contributed by atoms with Gasteiger partial charge in [-0.25, -0.2) is 10.8 Å². The fourth-order valence-electron chi connectivity index (χ4n) is 2.53. The largest absolute Gasteiger partial charge is 0.352 e. The number of hydrazine groups is 1. The quantitative estimate of drug-likeness (QED) is 0.432. The van der Waals surface area contributed by atoms with Gasteiger partial charge >= 0.3 is 0 Å². The van der Waals surface area contributed by atoms with Crippen molar-refractivity contribution in [3.05, 3.63) is 35.9 Å². The molecule has 1 aliphatic rings. The molecule has 3 rings (SSSR count). The predicted octanol–water partition coefficient (Wildman–Crippen LogP) is 2.44. The molecule has 21 heavy (non-hydrogen) atoms. The number of aromatic nitrogens is 1. The fraction of sp³-hybridized carbons (Fsp3) is 0.375. The number of carbonyl (C=O) groups is 1. The second kappa shape index (κ2) is 6.10. The molecule has 0 spiro atoms. The summed E-state index contributed by atoms with van der Waals surface area (Å²) in [6, 6.07) is 9.27. The predicted molar refractivity (Wildman–Crippen MR) is 83.8 cm³/mol. The maximum atomic E-state index is 12.4. The van der Waals surface area contributed by atoms with Crippen molar-refractivity contribution in [1.29, 1.82) is 0 Å². The van der Waals surface area contributed by atoms with Crippen LogP contribution in [0.25, 0.3) is 10.9 Å². The number of hydrogen-bond acceptors (Lipinski definition) is 4. The van der Waals surface area contributed by atoms with Crippen molar-refractivity contribution >= 4 is 22.6 Å². The third-order valence-electron chi connectivity index (χ3n) is 3.88. The van der Waals surface area contributed by atoms with Gasteiger partial charge in [-0.15, -0.1) is 0 Å². The number of pyridine rings is 1. The van der Waals surface area contributed by atoms with Crippen LogP contribution in [-0.2, 0) is 0 Å². The molecule has 0 saturated heterocycles. The summed E-state index contributed by atoms with van der Waals surface area (Å²) in [5, 5.41) is 3.83. The van der Waals surface area contributed by atoms with Crippen molar-refractivity contribution in [3.63, 3.8) is 0 Å². The Hall–Kier alpha value is -2.14. The lowest BCUT2D eigenvalue weighted by atomic mass is 10.1. The summed E-state index contributed by atoms with van der Waals surface area (Å²) < 4.78 is 0. The number of hydrogen-bond donors (Lipinski definition) is 3. The molecule has 1 aliphatic carbocycles. The third-order valence-corrected chi connectivity index (χ3v) is 3.88. The summed E-state index contributed by atoms with van der Waals surface area (Å²) in [6.07, 6.45) is 4.97. The van der Waals surface area contributed by atoms with E-state index in [0.717, 1.165) is 29.8 Å². The summed E-state index contributed by atoms with van der Waals surface area (Å²) >= 11 is 0. The number of nitrogen functional groups attached to an aromatic ring is 1. The van der Waals surface area contributed by atoms with Gasteiger partial charge in [-0.2, -0.15) is 0 Å². The molecule has 1 amide bonds. The number of para-hydroxylation sites is 1. The van der Waals surface area contributed by atoms with Gasteiger partial charge < -0.3 is 10.7 Å². The van der Waals surface area contributed by atoms with E-state index in [0.29, 0.717) is 11.4 Å². The number of rotatable bonds is 6. The highest BCUT2D eigenvalue weighted by atomic mass is 16.1. The Bertz CT molecular complexity index is 652. The van der Waals surface area contributed by atoms with Crippen LogP contribution in [0, 0.1) is 5.92 Å². The molecule has 4 N–H and O–H groups in total. The van der Waals surface area contributed by atoms with Gasteiger partial charge in [0.1, 0.15) is 5.82 Å². The van der Waals surface area contributed by atoms with Crippen LogP contribution in [0.5, 0.6) is 0 Å². The summed E-state index contributed by atoms with van der Waals surface area (Å²) in [5.74, 6) is 6.76. The van der Waals surface area contributed by atoms with Crippen LogP contribution >= 0.6 is 0 Å². The van der Waals surface area contributed by atoms with Gasteiger partial charge in [-0.05, 0) is 30.9 Å². The molecule has 0 unspecified atom stereocenters. The maximum absolute atomic E-state index is 12.4. The first-order valence-electron chi connectivity index (χ1n) is 7.42. The molecule has 1 fully saturated rings. The van der Waals surface area contributed by atoms with Gasteiger partial charge in [0.25, 0.3) is 5.91 Å². The van der Waals surface area contributed by atoms with Gasteiger partial charge in [0, 0.05) is 11.9 Å². The Balaban J connectivity index is 1.75.